The third-order valence-corrected chi connectivity index (χ3v) is 13.3. The second-order valence-electron chi connectivity index (χ2n) is 16.0. The molecule has 0 N–H and O–H groups in total. The normalized spacial score (nSPS) is 13.1. The lowest BCUT2D eigenvalue weighted by Gasteiger charge is -2.22. The van der Waals surface area contributed by atoms with E-state index in [1.165, 1.54) is 53.6 Å². The fourth-order valence-corrected chi connectivity index (χ4v) is 10.2. The molecule has 0 amide bonds. The van der Waals surface area contributed by atoms with E-state index in [-0.39, 0.29) is 5.41 Å². The highest BCUT2D eigenvalue weighted by Crippen LogP contribution is 2.50. The highest BCUT2D eigenvalue weighted by atomic mass is 32.1. The number of hydrogen-bond acceptors (Lipinski definition) is 5. The molecule has 1 aliphatic rings. The van der Waals surface area contributed by atoms with Crippen molar-refractivity contribution in [3.63, 3.8) is 0 Å². The van der Waals surface area contributed by atoms with E-state index in [1.807, 2.05) is 30.3 Å². The van der Waals surface area contributed by atoms with Crippen LogP contribution in [0, 0.1) is 0 Å². The quantitative estimate of drug-likeness (QED) is 0.175. The van der Waals surface area contributed by atoms with Crippen molar-refractivity contribution in [2.45, 2.75) is 19.3 Å². The Morgan fingerprint density at radius 1 is 0.390 bits per heavy atom. The molecule has 0 radical (unpaired) electrons. The lowest BCUT2D eigenvalue weighted by atomic mass is 9.81. The van der Waals surface area contributed by atoms with Crippen molar-refractivity contribution in [1.29, 1.82) is 0 Å². The maximum Gasteiger partial charge on any atom is 0.164 e. The molecule has 5 heteroatoms. The molecule has 0 bridgehead atoms. The van der Waals surface area contributed by atoms with Crippen molar-refractivity contribution < 1.29 is 4.42 Å². The van der Waals surface area contributed by atoms with Gasteiger partial charge in [-0.2, -0.15) is 0 Å². The van der Waals surface area contributed by atoms with E-state index in [4.69, 9.17) is 19.4 Å². The minimum atomic E-state index is -0.0573. The largest absolute Gasteiger partial charge is 0.456 e. The zero-order valence-corrected chi connectivity index (χ0v) is 33.2. The van der Waals surface area contributed by atoms with Gasteiger partial charge in [-0.1, -0.05) is 135 Å². The van der Waals surface area contributed by atoms with Gasteiger partial charge in [-0.05, 0) is 99.1 Å². The average Bonchev–Trinajstić information content (AvgIpc) is 3.93. The van der Waals surface area contributed by atoms with Crippen LogP contribution in [0.15, 0.2) is 180 Å². The molecule has 8 aromatic carbocycles. The molecule has 0 unspecified atom stereocenters. The molecular formula is C54H35N3OS. The second-order valence-corrected chi connectivity index (χ2v) is 17.1. The Morgan fingerprint density at radius 3 is 1.88 bits per heavy atom. The first-order valence-electron chi connectivity index (χ1n) is 20.0. The van der Waals surface area contributed by atoms with Crippen LogP contribution in [0.4, 0.5) is 0 Å². The number of furan rings is 1. The molecule has 0 saturated heterocycles. The van der Waals surface area contributed by atoms with Gasteiger partial charge < -0.3 is 4.42 Å². The Bertz CT molecular complexity index is 3490. The summed E-state index contributed by atoms with van der Waals surface area (Å²) in [5.41, 5.74) is 14.4. The molecule has 3 heterocycles. The molecule has 4 nitrogen and oxygen atoms in total. The SMILES string of the molecule is CC1(C)c2ccccc2-c2ccc(-c3cccc(-c4ccc5oc6cccc(-c7nc(-c8ccccc8)nc(-c8ccc9sc%10ccccc%10c9c8)n7)c6c5c4)c3)cc21. The number of fused-ring (bicyclic) bond motifs is 9. The van der Waals surface area contributed by atoms with Crippen LogP contribution in [0.3, 0.4) is 0 Å². The van der Waals surface area contributed by atoms with Gasteiger partial charge in [0, 0.05) is 53.1 Å². The van der Waals surface area contributed by atoms with Crippen molar-refractivity contribution in [3.05, 3.63) is 187 Å². The Morgan fingerprint density at radius 2 is 1.00 bits per heavy atom. The van der Waals surface area contributed by atoms with E-state index in [0.29, 0.717) is 17.5 Å². The van der Waals surface area contributed by atoms with Gasteiger partial charge >= 0.3 is 0 Å². The topological polar surface area (TPSA) is 51.8 Å². The monoisotopic (exact) mass is 773 g/mol. The minimum Gasteiger partial charge on any atom is -0.456 e. The van der Waals surface area contributed by atoms with Crippen LogP contribution < -0.4 is 0 Å². The summed E-state index contributed by atoms with van der Waals surface area (Å²) in [6.45, 7) is 4.67. The van der Waals surface area contributed by atoms with Crippen molar-refractivity contribution in [2.24, 2.45) is 0 Å². The zero-order chi connectivity index (χ0) is 39.2. The summed E-state index contributed by atoms with van der Waals surface area (Å²) in [6.07, 6.45) is 0. The van der Waals surface area contributed by atoms with Gasteiger partial charge in [0.05, 0.1) is 0 Å². The third kappa shape index (κ3) is 5.39. The van der Waals surface area contributed by atoms with Crippen molar-refractivity contribution >= 4 is 53.4 Å². The highest BCUT2D eigenvalue weighted by Gasteiger charge is 2.35. The van der Waals surface area contributed by atoms with Gasteiger partial charge in [-0.3, -0.25) is 0 Å². The molecule has 59 heavy (non-hydrogen) atoms. The molecule has 0 atom stereocenters. The number of benzene rings is 8. The zero-order valence-electron chi connectivity index (χ0n) is 32.4. The van der Waals surface area contributed by atoms with Gasteiger partial charge in [0.15, 0.2) is 17.5 Å². The smallest absolute Gasteiger partial charge is 0.164 e. The summed E-state index contributed by atoms with van der Waals surface area (Å²) in [5.74, 6) is 1.86. The van der Waals surface area contributed by atoms with E-state index in [9.17, 15) is 0 Å². The van der Waals surface area contributed by atoms with E-state index in [0.717, 1.165) is 49.8 Å². The van der Waals surface area contributed by atoms with Crippen LogP contribution in [0.5, 0.6) is 0 Å². The van der Waals surface area contributed by atoms with Crippen molar-refractivity contribution in [3.8, 4) is 67.5 Å². The average molecular weight is 774 g/mol. The molecule has 11 aromatic rings. The van der Waals surface area contributed by atoms with Gasteiger partial charge in [-0.15, -0.1) is 11.3 Å². The van der Waals surface area contributed by atoms with E-state index in [1.54, 1.807) is 11.3 Å². The summed E-state index contributed by atoms with van der Waals surface area (Å²) < 4.78 is 9.04. The van der Waals surface area contributed by atoms with Gasteiger partial charge in [0.25, 0.3) is 0 Å². The van der Waals surface area contributed by atoms with Gasteiger partial charge in [-0.25, -0.2) is 15.0 Å². The van der Waals surface area contributed by atoms with E-state index < -0.39 is 0 Å². The fraction of sp³-hybridized carbons (Fsp3) is 0.0556. The van der Waals surface area contributed by atoms with Crippen LogP contribution in [-0.2, 0) is 5.41 Å². The first-order chi connectivity index (χ1) is 29.0. The standard InChI is InChI=1S/C54H35N3OS/c1-54(2)44-19-8-6-16-38(44)39-25-22-36(31-45(39)54)34-15-10-14-33(28-34)35-23-26-46-43(29-35)50-41(18-11-20-47(50)58-46)53-56-51(32-12-4-3-5-13-32)55-52(57-53)37-24-27-49-42(30-37)40-17-7-9-21-48(40)59-49/h3-31H,1-2H3. The number of nitrogens with zero attached hydrogens (tertiary/aromatic N) is 3. The van der Waals surface area contributed by atoms with E-state index >= 15 is 0 Å². The molecule has 0 saturated carbocycles. The van der Waals surface area contributed by atoms with Crippen LogP contribution in [-0.4, -0.2) is 15.0 Å². The molecule has 12 rings (SSSR count). The molecule has 0 fully saturated rings. The first kappa shape index (κ1) is 33.9. The Balaban J connectivity index is 0.986. The predicted octanol–water partition coefficient (Wildman–Crippen LogP) is 14.8. The Hall–Kier alpha value is -7.21. The predicted molar refractivity (Wildman–Crippen MR) is 245 cm³/mol. The lowest BCUT2D eigenvalue weighted by Crippen LogP contribution is -2.14. The van der Waals surface area contributed by atoms with Crippen molar-refractivity contribution in [1.82, 2.24) is 15.0 Å². The van der Waals surface area contributed by atoms with Crippen LogP contribution in [0.25, 0.3) is 110 Å². The molecule has 278 valence electrons. The van der Waals surface area contributed by atoms with Gasteiger partial charge in [0.1, 0.15) is 11.2 Å². The molecular weight excluding hydrogens is 739 g/mol. The van der Waals surface area contributed by atoms with Crippen LogP contribution >= 0.6 is 11.3 Å². The second kappa shape index (κ2) is 12.9. The summed E-state index contributed by atoms with van der Waals surface area (Å²) in [5, 5.41) is 4.45. The maximum absolute atomic E-state index is 6.53. The lowest BCUT2D eigenvalue weighted by molar-refractivity contribution is 0.660. The number of thiophene rings is 1. The number of hydrogen-bond donors (Lipinski definition) is 0. The Labute approximate surface area is 345 Å². The van der Waals surface area contributed by atoms with Crippen LogP contribution in [0.2, 0.25) is 0 Å². The summed E-state index contributed by atoms with van der Waals surface area (Å²) >= 11 is 1.81. The van der Waals surface area contributed by atoms with Crippen molar-refractivity contribution in [2.75, 3.05) is 0 Å². The highest BCUT2D eigenvalue weighted by molar-refractivity contribution is 7.25. The molecule has 1 aliphatic carbocycles. The maximum atomic E-state index is 6.53. The fourth-order valence-electron chi connectivity index (χ4n) is 9.16. The summed E-state index contributed by atoms with van der Waals surface area (Å²) in [6, 6.07) is 62.5. The minimum absolute atomic E-state index is 0.0573. The van der Waals surface area contributed by atoms with Crippen LogP contribution in [0.1, 0.15) is 25.0 Å². The molecule has 0 aliphatic heterocycles. The Kier molecular flexibility index (Phi) is 7.41. The van der Waals surface area contributed by atoms with E-state index in [2.05, 4.69) is 159 Å². The number of aromatic nitrogens is 3. The summed E-state index contributed by atoms with van der Waals surface area (Å²) in [4.78, 5) is 15.5. The molecule has 0 spiro atoms. The number of rotatable bonds is 5. The van der Waals surface area contributed by atoms with Gasteiger partial charge in [0.2, 0.25) is 0 Å². The first-order valence-corrected chi connectivity index (χ1v) is 20.8. The summed E-state index contributed by atoms with van der Waals surface area (Å²) in [7, 11) is 0. The molecule has 3 aromatic heterocycles. The third-order valence-electron chi connectivity index (χ3n) is 12.2.